The van der Waals surface area contributed by atoms with Gasteiger partial charge in [0.2, 0.25) is 5.91 Å². The normalized spacial score (nSPS) is 16.9. The summed E-state index contributed by atoms with van der Waals surface area (Å²) in [7, 11) is 0. The van der Waals surface area contributed by atoms with E-state index in [0.717, 1.165) is 25.7 Å². The fourth-order valence-electron chi connectivity index (χ4n) is 2.31. The Hall–Kier alpha value is -1.71. The summed E-state index contributed by atoms with van der Waals surface area (Å²) in [4.78, 5) is 25.6. The maximum absolute atomic E-state index is 13.1. The third-order valence-corrected chi connectivity index (χ3v) is 3.40. The lowest BCUT2D eigenvalue weighted by atomic mass is 10.1. The molecule has 0 spiro atoms. The lowest BCUT2D eigenvalue weighted by Gasteiger charge is -2.24. The molecule has 1 fully saturated rings. The summed E-state index contributed by atoms with van der Waals surface area (Å²) in [6.07, 6.45) is 4.51. The van der Waals surface area contributed by atoms with Crippen LogP contribution in [0, 0.1) is 5.82 Å². The fraction of sp³-hybridized carbons (Fsp3) is 0.467. The van der Waals surface area contributed by atoms with Gasteiger partial charge >= 0.3 is 0 Å². The van der Waals surface area contributed by atoms with Gasteiger partial charge in [-0.3, -0.25) is 9.59 Å². The third-order valence-electron chi connectivity index (χ3n) is 3.40. The number of rotatable bonds is 3. The first-order valence-corrected chi connectivity index (χ1v) is 6.73. The van der Waals surface area contributed by atoms with Crippen LogP contribution in [0.4, 0.5) is 4.39 Å². The Morgan fingerprint density at radius 2 is 2.00 bits per heavy atom. The van der Waals surface area contributed by atoms with E-state index < -0.39 is 5.82 Å². The van der Waals surface area contributed by atoms with E-state index in [1.807, 2.05) is 0 Å². The second kappa shape index (κ2) is 6.45. The molecule has 2 rings (SSSR count). The highest BCUT2D eigenvalue weighted by Crippen LogP contribution is 2.13. The van der Waals surface area contributed by atoms with Gasteiger partial charge in [-0.2, -0.15) is 0 Å². The number of hydrogen-bond donors (Lipinski definition) is 0. The van der Waals surface area contributed by atoms with Crippen molar-refractivity contribution < 1.29 is 14.0 Å². The van der Waals surface area contributed by atoms with Crippen molar-refractivity contribution in [2.75, 3.05) is 13.1 Å². The SMILES string of the molecule is O=C(CN1CCCCCCC1=O)c1cccc(F)c1. The summed E-state index contributed by atoms with van der Waals surface area (Å²) in [5.74, 6) is -0.595. The van der Waals surface area contributed by atoms with Gasteiger partial charge in [0.25, 0.3) is 0 Å². The number of likely N-dealkylation sites (tertiary alicyclic amines) is 1. The van der Waals surface area contributed by atoms with Crippen LogP contribution in [0.5, 0.6) is 0 Å². The van der Waals surface area contributed by atoms with Crippen molar-refractivity contribution in [1.82, 2.24) is 4.90 Å². The van der Waals surface area contributed by atoms with Crippen LogP contribution in [0.2, 0.25) is 0 Å². The van der Waals surface area contributed by atoms with Crippen molar-refractivity contribution >= 4 is 11.7 Å². The number of halogens is 1. The molecule has 1 aromatic rings. The third kappa shape index (κ3) is 3.88. The molecule has 1 aromatic carbocycles. The van der Waals surface area contributed by atoms with E-state index >= 15 is 0 Å². The zero-order chi connectivity index (χ0) is 13.7. The van der Waals surface area contributed by atoms with Crippen molar-refractivity contribution in [3.05, 3.63) is 35.6 Å². The number of carbonyl (C=O) groups is 2. The summed E-state index contributed by atoms with van der Waals surface area (Å²) < 4.78 is 13.1. The monoisotopic (exact) mass is 263 g/mol. The van der Waals surface area contributed by atoms with E-state index in [1.54, 1.807) is 11.0 Å². The van der Waals surface area contributed by atoms with E-state index in [2.05, 4.69) is 0 Å². The molecule has 1 saturated heterocycles. The second-order valence-electron chi connectivity index (χ2n) is 4.91. The molecule has 0 atom stereocenters. The average molecular weight is 263 g/mol. The maximum Gasteiger partial charge on any atom is 0.222 e. The summed E-state index contributed by atoms with van der Waals surface area (Å²) >= 11 is 0. The molecule has 0 aliphatic carbocycles. The second-order valence-corrected chi connectivity index (χ2v) is 4.91. The quantitative estimate of drug-likeness (QED) is 0.786. The number of carbonyl (C=O) groups excluding carboxylic acids is 2. The Kier molecular flexibility index (Phi) is 4.66. The predicted octanol–water partition coefficient (Wildman–Crippen LogP) is 2.80. The Morgan fingerprint density at radius 3 is 2.79 bits per heavy atom. The van der Waals surface area contributed by atoms with Gasteiger partial charge in [-0.15, -0.1) is 0 Å². The number of hydrogen-bond acceptors (Lipinski definition) is 2. The molecule has 1 aliphatic heterocycles. The molecule has 1 heterocycles. The van der Waals surface area contributed by atoms with Crippen LogP contribution in [-0.4, -0.2) is 29.7 Å². The number of Topliss-reactive ketones (excluding diaryl/α,β-unsaturated/α-hetero) is 1. The van der Waals surface area contributed by atoms with Crippen molar-refractivity contribution in [2.24, 2.45) is 0 Å². The molecular formula is C15H18FNO2. The summed E-state index contributed by atoms with van der Waals surface area (Å²) in [5.41, 5.74) is 0.329. The predicted molar refractivity (Wildman–Crippen MR) is 70.4 cm³/mol. The molecular weight excluding hydrogens is 245 g/mol. The van der Waals surface area contributed by atoms with Crippen LogP contribution in [0.15, 0.2) is 24.3 Å². The highest BCUT2D eigenvalue weighted by molar-refractivity contribution is 5.99. The van der Waals surface area contributed by atoms with Crippen molar-refractivity contribution in [3.63, 3.8) is 0 Å². The Morgan fingerprint density at radius 1 is 1.21 bits per heavy atom. The van der Waals surface area contributed by atoms with Crippen LogP contribution in [0.3, 0.4) is 0 Å². The minimum atomic E-state index is -0.426. The molecule has 1 aliphatic rings. The number of benzene rings is 1. The largest absolute Gasteiger partial charge is 0.335 e. The molecule has 19 heavy (non-hydrogen) atoms. The van der Waals surface area contributed by atoms with E-state index in [-0.39, 0.29) is 18.2 Å². The number of nitrogens with zero attached hydrogens (tertiary/aromatic N) is 1. The van der Waals surface area contributed by atoms with Gasteiger partial charge in [-0.25, -0.2) is 4.39 Å². The zero-order valence-electron chi connectivity index (χ0n) is 10.9. The molecule has 0 unspecified atom stereocenters. The van der Waals surface area contributed by atoms with Gasteiger partial charge in [-0.1, -0.05) is 25.0 Å². The molecule has 102 valence electrons. The molecule has 0 radical (unpaired) electrons. The van der Waals surface area contributed by atoms with Crippen LogP contribution < -0.4 is 0 Å². The van der Waals surface area contributed by atoms with Crippen molar-refractivity contribution in [2.45, 2.75) is 32.1 Å². The van der Waals surface area contributed by atoms with Crippen LogP contribution in [-0.2, 0) is 4.79 Å². The topological polar surface area (TPSA) is 37.4 Å². The van der Waals surface area contributed by atoms with E-state index in [0.29, 0.717) is 18.5 Å². The average Bonchev–Trinajstić information content (AvgIpc) is 2.38. The highest BCUT2D eigenvalue weighted by Gasteiger charge is 2.19. The summed E-state index contributed by atoms with van der Waals surface area (Å²) in [6, 6.07) is 5.62. The molecule has 3 nitrogen and oxygen atoms in total. The van der Waals surface area contributed by atoms with E-state index in [1.165, 1.54) is 18.2 Å². The maximum atomic E-state index is 13.1. The molecule has 0 aromatic heterocycles. The first-order chi connectivity index (χ1) is 9.16. The van der Waals surface area contributed by atoms with Gasteiger partial charge in [-0.05, 0) is 25.0 Å². The molecule has 1 amide bonds. The first kappa shape index (κ1) is 13.7. The van der Waals surface area contributed by atoms with Gasteiger partial charge in [0.1, 0.15) is 5.82 Å². The van der Waals surface area contributed by atoms with E-state index in [9.17, 15) is 14.0 Å². The van der Waals surface area contributed by atoms with Gasteiger partial charge < -0.3 is 4.90 Å². The first-order valence-electron chi connectivity index (χ1n) is 6.73. The van der Waals surface area contributed by atoms with Gasteiger partial charge in [0, 0.05) is 18.5 Å². The molecule has 0 saturated carbocycles. The molecule has 0 bridgehead atoms. The lowest BCUT2D eigenvalue weighted by molar-refractivity contribution is -0.131. The minimum Gasteiger partial charge on any atom is -0.335 e. The summed E-state index contributed by atoms with van der Waals surface area (Å²) in [5, 5.41) is 0. The van der Waals surface area contributed by atoms with Crippen LogP contribution >= 0.6 is 0 Å². The molecule has 4 heteroatoms. The van der Waals surface area contributed by atoms with Gasteiger partial charge in [0.05, 0.1) is 6.54 Å². The van der Waals surface area contributed by atoms with Gasteiger partial charge in [0.15, 0.2) is 5.78 Å². The summed E-state index contributed by atoms with van der Waals surface area (Å²) in [6.45, 7) is 0.683. The minimum absolute atomic E-state index is 0.0319. The van der Waals surface area contributed by atoms with Crippen LogP contribution in [0.1, 0.15) is 42.5 Å². The van der Waals surface area contributed by atoms with Crippen molar-refractivity contribution in [1.29, 1.82) is 0 Å². The Balaban J connectivity index is 2.02. The fourth-order valence-corrected chi connectivity index (χ4v) is 2.31. The number of ketones is 1. The van der Waals surface area contributed by atoms with Crippen molar-refractivity contribution in [3.8, 4) is 0 Å². The lowest BCUT2D eigenvalue weighted by Crippen LogP contribution is -2.37. The smallest absolute Gasteiger partial charge is 0.222 e. The highest BCUT2D eigenvalue weighted by atomic mass is 19.1. The Labute approximate surface area is 112 Å². The van der Waals surface area contributed by atoms with Crippen LogP contribution in [0.25, 0.3) is 0 Å². The van der Waals surface area contributed by atoms with E-state index in [4.69, 9.17) is 0 Å². The zero-order valence-corrected chi connectivity index (χ0v) is 10.9. The Bertz CT molecular complexity index is 473. The number of amides is 1. The molecule has 0 N–H and O–H groups in total. The standard InChI is InChI=1S/C15H18FNO2/c16-13-7-5-6-12(10-13)14(18)11-17-9-4-2-1-3-8-15(17)19/h5-7,10H,1-4,8-9,11H2.